The van der Waals surface area contributed by atoms with Crippen LogP contribution in [0.3, 0.4) is 0 Å². The van der Waals surface area contributed by atoms with Crippen molar-refractivity contribution >= 4 is 5.69 Å². The van der Waals surface area contributed by atoms with Gasteiger partial charge in [-0.1, -0.05) is 6.08 Å². The normalized spacial score (nSPS) is 19.3. The first-order valence-electron chi connectivity index (χ1n) is 5.26. The van der Waals surface area contributed by atoms with Gasteiger partial charge in [0.15, 0.2) is 0 Å². The second-order valence-corrected chi connectivity index (χ2v) is 3.92. The number of hydrogen-bond acceptors (Lipinski definition) is 3. The molecule has 0 radical (unpaired) electrons. The predicted molar refractivity (Wildman–Crippen MR) is 64.8 cm³/mol. The van der Waals surface area contributed by atoms with E-state index in [0.717, 1.165) is 12.1 Å². The first-order valence-corrected chi connectivity index (χ1v) is 5.26. The third-order valence-electron chi connectivity index (χ3n) is 2.81. The summed E-state index contributed by atoms with van der Waals surface area (Å²) in [5.74, 6) is 0.601. The van der Waals surface area contributed by atoms with Gasteiger partial charge in [-0.05, 0) is 42.8 Å². The Kier molecular flexibility index (Phi) is 2.86. The van der Waals surface area contributed by atoms with Crippen LogP contribution in [0, 0.1) is 0 Å². The second-order valence-electron chi connectivity index (χ2n) is 3.92. The van der Waals surface area contributed by atoms with E-state index in [4.69, 9.17) is 0 Å². The number of hydrogen-bond donors (Lipinski definition) is 2. The molecule has 0 heterocycles. The lowest BCUT2D eigenvalue weighted by atomic mass is 10.1. The number of rotatable bonds is 2. The molecule has 0 saturated carbocycles. The van der Waals surface area contributed by atoms with Crippen molar-refractivity contribution in [3.63, 3.8) is 0 Å². The summed E-state index contributed by atoms with van der Waals surface area (Å²) in [5, 5.41) is 18.4. The van der Waals surface area contributed by atoms with Crippen LogP contribution in [0.5, 0.6) is 5.75 Å². The van der Waals surface area contributed by atoms with E-state index >= 15 is 0 Å². The number of allylic oxidation sites excluding steroid dienone is 1. The molecule has 1 atom stereocenters. The lowest BCUT2D eigenvalue weighted by Gasteiger charge is -2.28. The Morgan fingerprint density at radius 3 is 2.44 bits per heavy atom. The van der Waals surface area contributed by atoms with E-state index in [9.17, 15) is 10.2 Å². The maximum Gasteiger partial charge on any atom is 0.115 e. The Balaban J connectivity index is 2.11. The third-order valence-corrected chi connectivity index (χ3v) is 2.81. The minimum atomic E-state index is 0.250. The monoisotopic (exact) mass is 217 g/mol. The molecule has 84 valence electrons. The van der Waals surface area contributed by atoms with Gasteiger partial charge in [0.25, 0.3) is 0 Å². The number of aliphatic hydroxyl groups excluding tert-OH is 1. The summed E-state index contributed by atoms with van der Waals surface area (Å²) in [6.45, 7) is 0. The van der Waals surface area contributed by atoms with E-state index < -0.39 is 0 Å². The van der Waals surface area contributed by atoms with Crippen molar-refractivity contribution in [2.45, 2.75) is 12.5 Å². The van der Waals surface area contributed by atoms with Gasteiger partial charge in [0.05, 0.1) is 6.04 Å². The third kappa shape index (κ3) is 2.19. The molecule has 0 spiro atoms. The maximum absolute atomic E-state index is 9.24. The van der Waals surface area contributed by atoms with Crippen molar-refractivity contribution in [3.05, 3.63) is 48.3 Å². The Bertz CT molecular complexity index is 420. The first-order chi connectivity index (χ1) is 7.66. The summed E-state index contributed by atoms with van der Waals surface area (Å²) >= 11 is 0. The number of phenols is 1. The second kappa shape index (κ2) is 4.31. The van der Waals surface area contributed by atoms with E-state index in [2.05, 4.69) is 4.90 Å². The number of phenolic OH excluding ortho intramolecular Hbond substituents is 1. The highest BCUT2D eigenvalue weighted by molar-refractivity contribution is 5.50. The standard InChI is InChI=1S/C13H15NO2/c1-14(10-2-6-12(15)7-3-10)11-4-8-13(16)9-5-11/h2-4,6-9,11,15-16H,5H2,1H3. The largest absolute Gasteiger partial charge is 0.508 e. The molecule has 0 amide bonds. The number of nitrogens with zero attached hydrogens (tertiary/aromatic N) is 1. The SMILES string of the molecule is CN(c1ccc(O)cc1)C1C=CC(O)=CC1. The lowest BCUT2D eigenvalue weighted by molar-refractivity contribution is 0.424. The van der Waals surface area contributed by atoms with Gasteiger partial charge in [0.1, 0.15) is 11.5 Å². The average molecular weight is 217 g/mol. The summed E-state index contributed by atoms with van der Waals surface area (Å²) in [7, 11) is 2.00. The molecular formula is C13H15NO2. The molecule has 3 heteroatoms. The van der Waals surface area contributed by atoms with Gasteiger partial charge in [-0.15, -0.1) is 0 Å². The Labute approximate surface area is 94.9 Å². The molecule has 0 aromatic heterocycles. The van der Waals surface area contributed by atoms with Crippen molar-refractivity contribution in [2.75, 3.05) is 11.9 Å². The summed E-state index contributed by atoms with van der Waals surface area (Å²) in [6.07, 6.45) is 6.29. The molecule has 16 heavy (non-hydrogen) atoms. The maximum atomic E-state index is 9.24. The van der Waals surface area contributed by atoms with Crippen molar-refractivity contribution in [3.8, 4) is 5.75 Å². The molecule has 1 unspecified atom stereocenters. The van der Waals surface area contributed by atoms with Crippen LogP contribution in [0.25, 0.3) is 0 Å². The predicted octanol–water partition coefficient (Wildman–Crippen LogP) is 2.60. The quantitative estimate of drug-likeness (QED) is 0.800. The van der Waals surface area contributed by atoms with E-state index in [-0.39, 0.29) is 11.8 Å². The minimum Gasteiger partial charge on any atom is -0.508 e. The van der Waals surface area contributed by atoms with Crippen LogP contribution in [0.15, 0.2) is 48.3 Å². The van der Waals surface area contributed by atoms with Gasteiger partial charge in [-0.3, -0.25) is 0 Å². The number of likely N-dealkylation sites (N-methyl/N-ethyl adjacent to an activating group) is 1. The van der Waals surface area contributed by atoms with E-state index in [1.54, 1.807) is 18.2 Å². The highest BCUT2D eigenvalue weighted by Gasteiger charge is 2.14. The van der Waals surface area contributed by atoms with Crippen molar-refractivity contribution in [1.82, 2.24) is 0 Å². The van der Waals surface area contributed by atoms with Gasteiger partial charge < -0.3 is 15.1 Å². The highest BCUT2D eigenvalue weighted by atomic mass is 16.3. The molecule has 1 aliphatic carbocycles. The molecule has 2 rings (SSSR count). The van der Waals surface area contributed by atoms with E-state index in [0.29, 0.717) is 5.76 Å². The van der Waals surface area contributed by atoms with E-state index in [1.807, 2.05) is 31.3 Å². The highest BCUT2D eigenvalue weighted by Crippen LogP contribution is 2.22. The summed E-state index contributed by atoms with van der Waals surface area (Å²) in [6, 6.07) is 7.35. The summed E-state index contributed by atoms with van der Waals surface area (Å²) < 4.78 is 0. The lowest BCUT2D eigenvalue weighted by Crippen LogP contribution is -2.30. The Morgan fingerprint density at radius 1 is 1.19 bits per heavy atom. The van der Waals surface area contributed by atoms with Gasteiger partial charge in [-0.2, -0.15) is 0 Å². The minimum absolute atomic E-state index is 0.250. The fraction of sp³-hybridized carbons (Fsp3) is 0.231. The topological polar surface area (TPSA) is 43.7 Å². The van der Waals surface area contributed by atoms with Gasteiger partial charge in [-0.25, -0.2) is 0 Å². The smallest absolute Gasteiger partial charge is 0.115 e. The van der Waals surface area contributed by atoms with Crippen LogP contribution in [0.2, 0.25) is 0 Å². The van der Waals surface area contributed by atoms with E-state index in [1.165, 1.54) is 0 Å². The Hall–Kier alpha value is -1.90. The van der Waals surface area contributed by atoms with Crippen LogP contribution in [-0.2, 0) is 0 Å². The van der Waals surface area contributed by atoms with Crippen LogP contribution < -0.4 is 4.90 Å². The molecule has 1 aromatic rings. The molecule has 1 aliphatic rings. The van der Waals surface area contributed by atoms with Crippen molar-refractivity contribution < 1.29 is 10.2 Å². The molecule has 0 bridgehead atoms. The van der Waals surface area contributed by atoms with Crippen LogP contribution in [0.4, 0.5) is 5.69 Å². The number of aliphatic hydroxyl groups is 1. The van der Waals surface area contributed by atoms with Crippen LogP contribution in [-0.4, -0.2) is 23.3 Å². The first kappa shape index (κ1) is 10.6. The van der Waals surface area contributed by atoms with Crippen molar-refractivity contribution in [2.24, 2.45) is 0 Å². The van der Waals surface area contributed by atoms with Gasteiger partial charge in [0.2, 0.25) is 0 Å². The van der Waals surface area contributed by atoms with Gasteiger partial charge in [0, 0.05) is 12.7 Å². The van der Waals surface area contributed by atoms with Crippen LogP contribution in [0.1, 0.15) is 6.42 Å². The fourth-order valence-electron chi connectivity index (χ4n) is 1.76. The zero-order chi connectivity index (χ0) is 11.5. The molecule has 0 aliphatic heterocycles. The number of aromatic hydroxyl groups is 1. The molecule has 2 N–H and O–H groups in total. The summed E-state index contributed by atoms with van der Waals surface area (Å²) in [5.41, 5.74) is 1.04. The summed E-state index contributed by atoms with van der Waals surface area (Å²) in [4.78, 5) is 2.11. The van der Waals surface area contributed by atoms with Crippen LogP contribution >= 0.6 is 0 Å². The van der Waals surface area contributed by atoms with Crippen molar-refractivity contribution in [1.29, 1.82) is 0 Å². The number of anilines is 1. The fourth-order valence-corrected chi connectivity index (χ4v) is 1.76. The average Bonchev–Trinajstić information content (AvgIpc) is 2.30. The number of benzene rings is 1. The zero-order valence-corrected chi connectivity index (χ0v) is 9.17. The Morgan fingerprint density at radius 2 is 1.88 bits per heavy atom. The zero-order valence-electron chi connectivity index (χ0n) is 9.17. The molecule has 1 aromatic carbocycles. The molecular weight excluding hydrogens is 202 g/mol. The van der Waals surface area contributed by atoms with Gasteiger partial charge >= 0.3 is 0 Å². The molecule has 0 fully saturated rings. The molecule has 3 nitrogen and oxygen atoms in total. The molecule has 0 saturated heterocycles.